The number of hydrogen-bond acceptors (Lipinski definition) is 3. The lowest BCUT2D eigenvalue weighted by Gasteiger charge is -2.16. The summed E-state index contributed by atoms with van der Waals surface area (Å²) in [4.78, 5) is 14.8. The van der Waals surface area contributed by atoms with Gasteiger partial charge in [0.25, 0.3) is 5.91 Å². The predicted octanol–water partition coefficient (Wildman–Crippen LogP) is 3.92. The van der Waals surface area contributed by atoms with Gasteiger partial charge in [-0.25, -0.2) is 0 Å². The van der Waals surface area contributed by atoms with E-state index in [-0.39, 0.29) is 5.91 Å². The summed E-state index contributed by atoms with van der Waals surface area (Å²) in [5, 5.41) is 7.67. The molecular weight excluding hydrogens is 368 g/mol. The van der Waals surface area contributed by atoms with Gasteiger partial charge in [-0.3, -0.25) is 10.2 Å². The van der Waals surface area contributed by atoms with Crippen LogP contribution < -0.4 is 15.6 Å². The molecule has 0 spiro atoms. The van der Waals surface area contributed by atoms with Crippen molar-refractivity contribution in [2.24, 2.45) is 5.10 Å². The van der Waals surface area contributed by atoms with Crippen molar-refractivity contribution in [3.63, 3.8) is 0 Å². The number of benzene rings is 3. The Morgan fingerprint density at radius 2 is 1.54 bits per heavy atom. The number of carbonyl (C=O) groups excluding carboxylic acids is 1. The predicted molar refractivity (Wildman–Crippen MR) is 116 cm³/mol. The highest BCUT2D eigenvalue weighted by Crippen LogP contribution is 2.30. The highest BCUT2D eigenvalue weighted by Gasteiger charge is 2.33. The number of hydrogen-bond donors (Lipinski definition) is 2. The van der Waals surface area contributed by atoms with Crippen LogP contribution in [0.1, 0.15) is 11.1 Å². The number of carbonyl (C=O) groups is 1. The fourth-order valence-electron chi connectivity index (χ4n) is 3.08. The minimum Gasteiger partial charge on any atom is -0.331 e. The van der Waals surface area contributed by atoms with Crippen molar-refractivity contribution < 1.29 is 4.79 Å². The SMILES string of the molecule is O=C1/C(=N\NC(=S)Nc2ccccc2)c2ccccc2N1Cc1ccccc1. The zero-order chi connectivity index (χ0) is 19.3. The van der Waals surface area contributed by atoms with Crippen LogP contribution in [0.15, 0.2) is 90.0 Å². The molecule has 1 amide bonds. The maximum Gasteiger partial charge on any atom is 0.279 e. The normalized spacial score (nSPS) is 14.1. The topological polar surface area (TPSA) is 56.7 Å². The van der Waals surface area contributed by atoms with Crippen molar-refractivity contribution in [1.29, 1.82) is 0 Å². The van der Waals surface area contributed by atoms with Crippen LogP contribution in [0.5, 0.6) is 0 Å². The number of anilines is 2. The summed E-state index contributed by atoms with van der Waals surface area (Å²) in [6.45, 7) is 0.489. The first kappa shape index (κ1) is 17.9. The first-order valence-corrected chi connectivity index (χ1v) is 9.28. The van der Waals surface area contributed by atoms with Gasteiger partial charge in [-0.15, -0.1) is 0 Å². The average Bonchev–Trinajstić information content (AvgIpc) is 2.99. The van der Waals surface area contributed by atoms with E-state index >= 15 is 0 Å². The number of rotatable bonds is 4. The van der Waals surface area contributed by atoms with Gasteiger partial charge in [-0.2, -0.15) is 5.10 Å². The molecule has 0 aliphatic carbocycles. The van der Waals surface area contributed by atoms with Crippen molar-refractivity contribution in [2.45, 2.75) is 6.54 Å². The lowest BCUT2D eigenvalue weighted by atomic mass is 10.1. The van der Waals surface area contributed by atoms with E-state index in [1.807, 2.05) is 84.9 Å². The molecule has 0 bridgehead atoms. The molecule has 2 N–H and O–H groups in total. The molecule has 1 aliphatic rings. The molecule has 0 saturated heterocycles. The van der Waals surface area contributed by atoms with E-state index in [1.54, 1.807) is 4.90 Å². The van der Waals surface area contributed by atoms with Crippen LogP contribution in [0.4, 0.5) is 11.4 Å². The van der Waals surface area contributed by atoms with Crippen LogP contribution in [0.2, 0.25) is 0 Å². The average molecular weight is 386 g/mol. The molecule has 6 heteroatoms. The quantitative estimate of drug-likeness (QED) is 0.527. The van der Waals surface area contributed by atoms with Gasteiger partial charge >= 0.3 is 0 Å². The molecule has 1 heterocycles. The first-order valence-electron chi connectivity index (χ1n) is 8.87. The number of hydrazone groups is 1. The zero-order valence-electron chi connectivity index (χ0n) is 15.0. The Bertz CT molecular complexity index is 1030. The molecule has 0 aromatic heterocycles. The maximum atomic E-state index is 13.0. The second-order valence-electron chi connectivity index (χ2n) is 6.29. The number of nitrogens with one attached hydrogen (secondary N) is 2. The second kappa shape index (κ2) is 8.02. The molecule has 4 rings (SSSR count). The van der Waals surface area contributed by atoms with Gasteiger partial charge in [-0.05, 0) is 36.0 Å². The summed E-state index contributed by atoms with van der Waals surface area (Å²) < 4.78 is 0. The third-order valence-corrected chi connectivity index (χ3v) is 4.58. The van der Waals surface area contributed by atoms with E-state index in [9.17, 15) is 4.79 Å². The van der Waals surface area contributed by atoms with Crippen molar-refractivity contribution in [3.05, 3.63) is 96.1 Å². The number of fused-ring (bicyclic) bond motifs is 1. The zero-order valence-corrected chi connectivity index (χ0v) is 15.8. The smallest absolute Gasteiger partial charge is 0.279 e. The van der Waals surface area contributed by atoms with E-state index in [1.165, 1.54) is 0 Å². The van der Waals surface area contributed by atoms with E-state index in [4.69, 9.17) is 12.2 Å². The summed E-state index contributed by atoms with van der Waals surface area (Å²) in [5.74, 6) is -0.153. The lowest BCUT2D eigenvalue weighted by Crippen LogP contribution is -2.32. The van der Waals surface area contributed by atoms with Gasteiger partial charge in [0, 0.05) is 11.3 Å². The summed E-state index contributed by atoms with van der Waals surface area (Å²) in [6, 6.07) is 27.1. The van der Waals surface area contributed by atoms with Crippen molar-refractivity contribution >= 4 is 40.3 Å². The van der Waals surface area contributed by atoms with Crippen LogP contribution in [-0.4, -0.2) is 16.7 Å². The minimum atomic E-state index is -0.153. The molecule has 1 aliphatic heterocycles. The molecule has 0 unspecified atom stereocenters. The molecule has 3 aromatic carbocycles. The van der Waals surface area contributed by atoms with Gasteiger partial charge in [0.05, 0.1) is 12.2 Å². The Kier molecular flexibility index (Phi) is 5.12. The monoisotopic (exact) mass is 386 g/mol. The first-order chi connectivity index (χ1) is 13.7. The molecule has 0 saturated carbocycles. The molecule has 3 aromatic rings. The third-order valence-electron chi connectivity index (χ3n) is 4.38. The number of para-hydroxylation sites is 2. The summed E-state index contributed by atoms with van der Waals surface area (Å²) in [7, 11) is 0. The Morgan fingerprint density at radius 1 is 0.893 bits per heavy atom. The third kappa shape index (κ3) is 3.77. The van der Waals surface area contributed by atoms with Gasteiger partial charge in [-0.1, -0.05) is 66.7 Å². The van der Waals surface area contributed by atoms with Crippen molar-refractivity contribution in [2.75, 3.05) is 10.2 Å². The molecule has 138 valence electrons. The Labute approximate surface area is 168 Å². The molecule has 0 atom stereocenters. The molecule has 0 radical (unpaired) electrons. The molecular formula is C22H18N4OS. The Balaban J connectivity index is 1.55. The fraction of sp³-hybridized carbons (Fsp3) is 0.0455. The maximum absolute atomic E-state index is 13.0. The molecule has 28 heavy (non-hydrogen) atoms. The van der Waals surface area contributed by atoms with Gasteiger partial charge < -0.3 is 10.2 Å². The lowest BCUT2D eigenvalue weighted by molar-refractivity contribution is -0.112. The summed E-state index contributed by atoms with van der Waals surface area (Å²) >= 11 is 5.29. The van der Waals surface area contributed by atoms with Crippen LogP contribution in [0.25, 0.3) is 0 Å². The van der Waals surface area contributed by atoms with Crippen LogP contribution in [-0.2, 0) is 11.3 Å². The van der Waals surface area contributed by atoms with Gasteiger partial charge in [0.1, 0.15) is 0 Å². The van der Waals surface area contributed by atoms with Crippen LogP contribution >= 0.6 is 12.2 Å². The Morgan fingerprint density at radius 3 is 2.29 bits per heavy atom. The highest BCUT2D eigenvalue weighted by atomic mass is 32.1. The standard InChI is InChI=1S/C22H18N4OS/c27-21-20(24-25-22(28)23-17-11-5-2-6-12-17)18-13-7-8-14-19(18)26(21)15-16-9-3-1-4-10-16/h1-14H,15H2,(H2,23,25,28)/b24-20-. The van der Waals surface area contributed by atoms with Crippen molar-refractivity contribution in [1.82, 2.24) is 5.43 Å². The minimum absolute atomic E-state index is 0.153. The highest BCUT2D eigenvalue weighted by molar-refractivity contribution is 7.80. The molecule has 5 nitrogen and oxygen atoms in total. The van der Waals surface area contributed by atoms with Crippen LogP contribution in [0.3, 0.4) is 0 Å². The number of thiocarbonyl (C=S) groups is 1. The van der Waals surface area contributed by atoms with Gasteiger partial charge in [0.15, 0.2) is 10.8 Å². The Hall–Kier alpha value is -3.51. The van der Waals surface area contributed by atoms with Crippen LogP contribution in [0, 0.1) is 0 Å². The van der Waals surface area contributed by atoms with Crippen molar-refractivity contribution in [3.8, 4) is 0 Å². The number of amides is 1. The van der Waals surface area contributed by atoms with Gasteiger partial charge in [0.2, 0.25) is 0 Å². The number of nitrogens with zero attached hydrogens (tertiary/aromatic N) is 2. The largest absolute Gasteiger partial charge is 0.331 e. The van der Waals surface area contributed by atoms with E-state index in [2.05, 4.69) is 15.8 Å². The van der Waals surface area contributed by atoms with E-state index in [0.717, 1.165) is 22.5 Å². The summed E-state index contributed by atoms with van der Waals surface area (Å²) in [6.07, 6.45) is 0. The molecule has 0 fully saturated rings. The fourth-order valence-corrected chi connectivity index (χ4v) is 3.24. The summed E-state index contributed by atoms with van der Waals surface area (Å²) in [5.41, 5.74) is 6.68. The van der Waals surface area contributed by atoms with E-state index in [0.29, 0.717) is 17.4 Å². The van der Waals surface area contributed by atoms with E-state index < -0.39 is 0 Å². The second-order valence-corrected chi connectivity index (χ2v) is 6.69.